The van der Waals surface area contributed by atoms with E-state index in [4.69, 9.17) is 9.84 Å². The number of aliphatic hydroxyl groups is 2. The van der Waals surface area contributed by atoms with Crippen molar-refractivity contribution in [3.63, 3.8) is 0 Å². The Bertz CT molecular complexity index is 300. The summed E-state index contributed by atoms with van der Waals surface area (Å²) in [5.41, 5.74) is 1.20. The van der Waals surface area contributed by atoms with Crippen molar-refractivity contribution in [3.05, 3.63) is 35.9 Å². The molecule has 0 amide bonds. The van der Waals surface area contributed by atoms with Crippen LogP contribution in [0.1, 0.15) is 44.1 Å². The van der Waals surface area contributed by atoms with Gasteiger partial charge in [-0.1, -0.05) is 30.3 Å². The van der Waals surface area contributed by atoms with Gasteiger partial charge in [-0.3, -0.25) is 0 Å². The third-order valence-corrected chi connectivity index (χ3v) is 3.13. The van der Waals surface area contributed by atoms with Crippen molar-refractivity contribution in [3.8, 4) is 0 Å². The third kappa shape index (κ3) is 8.76. The van der Waals surface area contributed by atoms with Crippen LogP contribution in [0.5, 0.6) is 0 Å². The van der Waals surface area contributed by atoms with E-state index >= 15 is 0 Å². The minimum Gasteiger partial charge on any atom is -0.396 e. The summed E-state index contributed by atoms with van der Waals surface area (Å²) in [6.07, 6.45) is 5.09. The Labute approximate surface area is 116 Å². The molecule has 1 atom stereocenters. The molecular formula is C16H26O3. The smallest absolute Gasteiger partial charge is 0.0716 e. The van der Waals surface area contributed by atoms with Crippen LogP contribution < -0.4 is 0 Å². The van der Waals surface area contributed by atoms with Crippen LogP contribution in [0.4, 0.5) is 0 Å². The first-order valence-corrected chi connectivity index (χ1v) is 7.23. The van der Waals surface area contributed by atoms with E-state index in [1.54, 1.807) is 0 Å². The third-order valence-electron chi connectivity index (χ3n) is 3.13. The van der Waals surface area contributed by atoms with Gasteiger partial charge >= 0.3 is 0 Å². The first kappa shape index (κ1) is 16.2. The van der Waals surface area contributed by atoms with Gasteiger partial charge in [-0.25, -0.2) is 0 Å². The van der Waals surface area contributed by atoms with Crippen LogP contribution in [0.3, 0.4) is 0 Å². The largest absolute Gasteiger partial charge is 0.396 e. The van der Waals surface area contributed by atoms with Crippen molar-refractivity contribution in [2.24, 2.45) is 0 Å². The van der Waals surface area contributed by atoms with Crippen LogP contribution in [-0.4, -0.2) is 29.5 Å². The zero-order valence-electron chi connectivity index (χ0n) is 11.6. The second kappa shape index (κ2) is 11.0. The second-order valence-electron chi connectivity index (χ2n) is 4.91. The normalized spacial score (nSPS) is 12.5. The lowest BCUT2D eigenvalue weighted by atomic mass is 10.1. The molecule has 0 saturated carbocycles. The van der Waals surface area contributed by atoms with Crippen LogP contribution in [0, 0.1) is 0 Å². The molecule has 1 aromatic carbocycles. The minimum atomic E-state index is -0.222. The average Bonchev–Trinajstić information content (AvgIpc) is 2.44. The van der Waals surface area contributed by atoms with Crippen LogP contribution in [0.25, 0.3) is 0 Å². The predicted molar refractivity (Wildman–Crippen MR) is 76.9 cm³/mol. The number of unbranched alkanes of at least 4 members (excludes halogenated alkanes) is 2. The molecule has 0 saturated heterocycles. The van der Waals surface area contributed by atoms with Crippen molar-refractivity contribution in [1.82, 2.24) is 0 Å². The Morgan fingerprint density at radius 3 is 2.32 bits per heavy atom. The summed E-state index contributed by atoms with van der Waals surface area (Å²) in [5.74, 6) is 0. The molecule has 3 nitrogen and oxygen atoms in total. The summed E-state index contributed by atoms with van der Waals surface area (Å²) in [7, 11) is 0. The van der Waals surface area contributed by atoms with Gasteiger partial charge in [0.1, 0.15) is 0 Å². The SMILES string of the molecule is OCCCC[C@@H](O)CCCCOCc1ccccc1. The topological polar surface area (TPSA) is 49.7 Å². The molecule has 0 aromatic heterocycles. The number of hydrogen-bond acceptors (Lipinski definition) is 3. The molecule has 3 heteroatoms. The van der Waals surface area contributed by atoms with Crippen LogP contribution in [-0.2, 0) is 11.3 Å². The summed E-state index contributed by atoms with van der Waals surface area (Å²) < 4.78 is 5.59. The fraction of sp³-hybridized carbons (Fsp3) is 0.625. The first-order chi connectivity index (χ1) is 9.33. The maximum absolute atomic E-state index is 9.69. The van der Waals surface area contributed by atoms with Gasteiger partial charge in [0.05, 0.1) is 12.7 Å². The van der Waals surface area contributed by atoms with Gasteiger partial charge < -0.3 is 14.9 Å². The Morgan fingerprint density at radius 1 is 0.947 bits per heavy atom. The predicted octanol–water partition coefficient (Wildman–Crippen LogP) is 2.90. The summed E-state index contributed by atoms with van der Waals surface area (Å²) in [4.78, 5) is 0. The molecular weight excluding hydrogens is 240 g/mol. The lowest BCUT2D eigenvalue weighted by molar-refractivity contribution is 0.107. The molecule has 0 fully saturated rings. The van der Waals surface area contributed by atoms with Gasteiger partial charge in [-0.15, -0.1) is 0 Å². The Kier molecular flexibility index (Phi) is 9.33. The number of aliphatic hydroxyl groups excluding tert-OH is 2. The zero-order chi connectivity index (χ0) is 13.8. The Hall–Kier alpha value is -0.900. The van der Waals surface area contributed by atoms with E-state index in [9.17, 15) is 5.11 Å². The zero-order valence-corrected chi connectivity index (χ0v) is 11.6. The number of ether oxygens (including phenoxy) is 1. The molecule has 0 unspecified atom stereocenters. The second-order valence-corrected chi connectivity index (χ2v) is 4.91. The molecule has 2 N–H and O–H groups in total. The number of benzene rings is 1. The molecule has 0 aliphatic carbocycles. The van der Waals surface area contributed by atoms with E-state index in [1.165, 1.54) is 5.56 Å². The highest BCUT2D eigenvalue weighted by Crippen LogP contribution is 2.09. The van der Waals surface area contributed by atoms with Crippen LogP contribution >= 0.6 is 0 Å². The summed E-state index contributed by atoms with van der Waals surface area (Å²) >= 11 is 0. The fourth-order valence-corrected chi connectivity index (χ4v) is 1.98. The molecule has 1 aromatic rings. The summed E-state index contributed by atoms with van der Waals surface area (Å²) in [6, 6.07) is 10.2. The molecule has 19 heavy (non-hydrogen) atoms. The molecule has 0 bridgehead atoms. The molecule has 0 aliphatic rings. The van der Waals surface area contributed by atoms with E-state index in [0.29, 0.717) is 6.61 Å². The van der Waals surface area contributed by atoms with Gasteiger partial charge in [0.2, 0.25) is 0 Å². The number of hydrogen-bond donors (Lipinski definition) is 2. The van der Waals surface area contributed by atoms with Crippen molar-refractivity contribution in [1.29, 1.82) is 0 Å². The van der Waals surface area contributed by atoms with E-state index < -0.39 is 0 Å². The lowest BCUT2D eigenvalue weighted by Gasteiger charge is -2.10. The highest BCUT2D eigenvalue weighted by molar-refractivity contribution is 5.13. The Balaban J connectivity index is 1.91. The first-order valence-electron chi connectivity index (χ1n) is 7.23. The Morgan fingerprint density at radius 2 is 1.63 bits per heavy atom. The van der Waals surface area contributed by atoms with Crippen LogP contribution in [0.15, 0.2) is 30.3 Å². The maximum Gasteiger partial charge on any atom is 0.0716 e. The van der Waals surface area contributed by atoms with Crippen LogP contribution in [0.2, 0.25) is 0 Å². The van der Waals surface area contributed by atoms with Crippen molar-refractivity contribution in [2.75, 3.05) is 13.2 Å². The molecule has 0 heterocycles. The van der Waals surface area contributed by atoms with Crippen molar-refractivity contribution >= 4 is 0 Å². The van der Waals surface area contributed by atoms with Crippen molar-refractivity contribution < 1.29 is 14.9 Å². The van der Waals surface area contributed by atoms with E-state index in [0.717, 1.165) is 45.1 Å². The minimum absolute atomic E-state index is 0.222. The van der Waals surface area contributed by atoms with E-state index in [2.05, 4.69) is 12.1 Å². The highest BCUT2D eigenvalue weighted by atomic mass is 16.5. The van der Waals surface area contributed by atoms with Gasteiger partial charge in [-0.2, -0.15) is 0 Å². The van der Waals surface area contributed by atoms with Gasteiger partial charge in [0.25, 0.3) is 0 Å². The average molecular weight is 266 g/mol. The quantitative estimate of drug-likeness (QED) is 0.605. The molecule has 108 valence electrons. The molecule has 0 spiro atoms. The van der Waals surface area contributed by atoms with Crippen molar-refractivity contribution in [2.45, 2.75) is 51.2 Å². The maximum atomic E-state index is 9.69. The van der Waals surface area contributed by atoms with E-state index in [-0.39, 0.29) is 12.7 Å². The molecule has 1 rings (SSSR count). The summed E-state index contributed by atoms with van der Waals surface area (Å²) in [5, 5.41) is 18.3. The standard InChI is InChI=1S/C16H26O3/c17-12-6-4-10-16(18)11-5-7-13-19-14-15-8-2-1-3-9-15/h1-3,8-9,16-18H,4-7,10-14H2/t16-/m1/s1. The van der Waals surface area contributed by atoms with E-state index in [1.807, 2.05) is 18.2 Å². The van der Waals surface area contributed by atoms with Gasteiger partial charge in [-0.05, 0) is 44.1 Å². The monoisotopic (exact) mass is 266 g/mol. The highest BCUT2D eigenvalue weighted by Gasteiger charge is 2.03. The molecule has 0 radical (unpaired) electrons. The molecule has 0 aliphatic heterocycles. The van der Waals surface area contributed by atoms with Gasteiger partial charge in [0.15, 0.2) is 0 Å². The lowest BCUT2D eigenvalue weighted by Crippen LogP contribution is -2.07. The summed E-state index contributed by atoms with van der Waals surface area (Å²) in [6.45, 7) is 1.64. The van der Waals surface area contributed by atoms with Gasteiger partial charge in [0, 0.05) is 13.2 Å². The number of rotatable bonds is 11. The fourth-order valence-electron chi connectivity index (χ4n) is 1.98.